The Bertz CT molecular complexity index is 3430. The second-order valence-electron chi connectivity index (χ2n) is 16.2. The summed E-state index contributed by atoms with van der Waals surface area (Å²) in [6, 6.07) is 59.6. The Morgan fingerprint density at radius 3 is 1.91 bits per heavy atom. The molecule has 0 unspecified atom stereocenters. The van der Waals surface area contributed by atoms with Crippen LogP contribution in [-0.2, 0) is 5.41 Å². The third kappa shape index (κ3) is 5.19. The van der Waals surface area contributed by atoms with Crippen LogP contribution in [0.2, 0.25) is 0 Å². The molecule has 1 aliphatic rings. The van der Waals surface area contributed by atoms with Crippen LogP contribution in [0.3, 0.4) is 0 Å². The molecule has 10 aromatic rings. The molecule has 1 aliphatic carbocycles. The Hall–Kier alpha value is -6.28. The minimum Gasteiger partial charge on any atom is -0.135 e. The van der Waals surface area contributed by atoms with E-state index in [1.807, 2.05) is 11.3 Å². The van der Waals surface area contributed by atoms with Gasteiger partial charge in [0.25, 0.3) is 0 Å². The van der Waals surface area contributed by atoms with Gasteiger partial charge in [0.2, 0.25) is 0 Å². The molecular formula is C56H42S. The summed E-state index contributed by atoms with van der Waals surface area (Å²) < 4.78 is 2.71. The van der Waals surface area contributed by atoms with Crippen LogP contribution in [0.5, 0.6) is 0 Å². The molecule has 0 saturated heterocycles. The van der Waals surface area contributed by atoms with Gasteiger partial charge < -0.3 is 0 Å². The Balaban J connectivity index is 1.08. The van der Waals surface area contributed by atoms with Crippen molar-refractivity contribution < 1.29 is 0 Å². The zero-order valence-electron chi connectivity index (χ0n) is 32.8. The lowest BCUT2D eigenvalue weighted by atomic mass is 9.81. The van der Waals surface area contributed by atoms with Crippen LogP contribution < -0.4 is 10.4 Å². The van der Waals surface area contributed by atoms with E-state index >= 15 is 0 Å². The highest BCUT2D eigenvalue weighted by atomic mass is 32.1. The lowest BCUT2D eigenvalue weighted by Gasteiger charge is -2.22. The first-order chi connectivity index (χ1) is 27.9. The fourth-order valence-corrected chi connectivity index (χ4v) is 11.0. The predicted molar refractivity (Wildman–Crippen MR) is 250 cm³/mol. The molecule has 1 aromatic heterocycles. The molecule has 0 fully saturated rings. The summed E-state index contributed by atoms with van der Waals surface area (Å²) in [5.74, 6) is 0. The third-order valence-electron chi connectivity index (χ3n) is 12.6. The van der Waals surface area contributed by atoms with Crippen molar-refractivity contribution in [1.82, 2.24) is 0 Å². The van der Waals surface area contributed by atoms with Crippen LogP contribution in [0.1, 0.15) is 45.2 Å². The van der Waals surface area contributed by atoms with E-state index in [2.05, 4.69) is 198 Å². The fourth-order valence-electron chi connectivity index (χ4n) is 9.91. The molecule has 1 heterocycles. The molecular weight excluding hydrogens is 705 g/mol. The highest BCUT2D eigenvalue weighted by Gasteiger charge is 2.36. The first-order valence-electron chi connectivity index (χ1n) is 20.3. The maximum absolute atomic E-state index is 2.47. The molecule has 0 aliphatic heterocycles. The number of hydrogen-bond acceptors (Lipinski definition) is 1. The quantitative estimate of drug-likeness (QED) is 0.168. The van der Waals surface area contributed by atoms with E-state index in [9.17, 15) is 0 Å². The fraction of sp³-hybridized carbons (Fsp3) is 0.107. The van der Waals surface area contributed by atoms with Crippen molar-refractivity contribution >= 4 is 76.0 Å². The summed E-state index contributed by atoms with van der Waals surface area (Å²) >= 11 is 1.90. The Morgan fingerprint density at radius 2 is 1.11 bits per heavy atom. The molecule has 0 bridgehead atoms. The van der Waals surface area contributed by atoms with E-state index in [0.29, 0.717) is 0 Å². The van der Waals surface area contributed by atoms with Crippen LogP contribution in [0.4, 0.5) is 0 Å². The standard InChI is InChI=1S/C56H42S/c1-5-14-44-42(6-2)54(45-20-9-10-21-46(45)55(44)39-24-23-34-15-7-8-16-35(34)27-39)38-18-13-17-36(28-38)37-25-26-50-47(29-37)48-30-41-33-53-49(43-19-11-12-22-52(43)57-53)31-40(41)32-51(48)56(50,3)4/h6-33H,5H2,1-4H3/b42-6+,44-14+. The number of hydrogen-bond donors (Lipinski definition) is 0. The number of benzene rings is 9. The van der Waals surface area contributed by atoms with Gasteiger partial charge in [0.1, 0.15) is 0 Å². The lowest BCUT2D eigenvalue weighted by Crippen LogP contribution is -2.29. The topological polar surface area (TPSA) is 0 Å². The van der Waals surface area contributed by atoms with Crippen LogP contribution in [0, 0.1) is 0 Å². The molecule has 0 spiro atoms. The highest BCUT2D eigenvalue weighted by molar-refractivity contribution is 7.25. The Labute approximate surface area is 337 Å². The van der Waals surface area contributed by atoms with Gasteiger partial charge in [-0.25, -0.2) is 0 Å². The van der Waals surface area contributed by atoms with Gasteiger partial charge in [-0.3, -0.25) is 0 Å². The molecule has 0 nitrogen and oxygen atoms in total. The number of rotatable bonds is 4. The van der Waals surface area contributed by atoms with Crippen LogP contribution in [0.15, 0.2) is 158 Å². The summed E-state index contributed by atoms with van der Waals surface area (Å²) in [4.78, 5) is 0. The minimum absolute atomic E-state index is 0.0886. The molecule has 0 N–H and O–H groups in total. The van der Waals surface area contributed by atoms with E-state index in [1.165, 1.54) is 119 Å². The summed E-state index contributed by atoms with van der Waals surface area (Å²) in [6.07, 6.45) is 5.71. The zero-order valence-corrected chi connectivity index (χ0v) is 33.6. The van der Waals surface area contributed by atoms with Gasteiger partial charge in [-0.05, 0) is 160 Å². The molecule has 1 heteroatoms. The summed E-state index contributed by atoms with van der Waals surface area (Å²) in [7, 11) is 0. The predicted octanol–water partition coefficient (Wildman–Crippen LogP) is 14.8. The Kier molecular flexibility index (Phi) is 7.68. The van der Waals surface area contributed by atoms with Crippen LogP contribution in [-0.4, -0.2) is 0 Å². The van der Waals surface area contributed by atoms with Gasteiger partial charge in [-0.1, -0.05) is 142 Å². The smallest absolute Gasteiger partial charge is 0.0361 e. The van der Waals surface area contributed by atoms with Gasteiger partial charge in [0.15, 0.2) is 0 Å². The molecule has 11 rings (SSSR count). The van der Waals surface area contributed by atoms with Gasteiger partial charge in [0.05, 0.1) is 0 Å². The second-order valence-corrected chi connectivity index (χ2v) is 17.3. The van der Waals surface area contributed by atoms with Crippen molar-refractivity contribution in [3.63, 3.8) is 0 Å². The summed E-state index contributed by atoms with van der Waals surface area (Å²) in [5.41, 5.74) is 13.0. The summed E-state index contributed by atoms with van der Waals surface area (Å²) in [6.45, 7) is 9.23. The third-order valence-corrected chi connectivity index (χ3v) is 13.8. The second kappa shape index (κ2) is 12.9. The molecule has 0 atom stereocenters. The highest BCUT2D eigenvalue weighted by Crippen LogP contribution is 2.51. The van der Waals surface area contributed by atoms with Gasteiger partial charge in [0, 0.05) is 25.6 Å². The summed E-state index contributed by atoms with van der Waals surface area (Å²) in [5, 5.41) is 13.0. The SMILES string of the molecule is C/C=c1/c(-c2cccc(-c3ccc4c(c3)-c3cc5cc6sc7ccccc7c6cc5cc3C4(C)C)c2)c2ccccc2c(-c2ccc3ccccc3c2)/c1=C/CC. The van der Waals surface area contributed by atoms with Crippen molar-refractivity contribution in [2.75, 3.05) is 0 Å². The average Bonchev–Trinajstić information content (AvgIpc) is 3.71. The maximum atomic E-state index is 2.47. The van der Waals surface area contributed by atoms with Crippen molar-refractivity contribution in [2.45, 2.75) is 39.5 Å². The van der Waals surface area contributed by atoms with Crippen LogP contribution >= 0.6 is 11.3 Å². The normalized spacial score (nSPS) is 14.0. The molecule has 0 amide bonds. The molecule has 57 heavy (non-hydrogen) atoms. The van der Waals surface area contributed by atoms with Crippen molar-refractivity contribution in [3.05, 3.63) is 179 Å². The van der Waals surface area contributed by atoms with Crippen molar-refractivity contribution in [2.24, 2.45) is 0 Å². The lowest BCUT2D eigenvalue weighted by molar-refractivity contribution is 0.661. The van der Waals surface area contributed by atoms with E-state index in [-0.39, 0.29) is 5.41 Å². The average molecular weight is 747 g/mol. The molecule has 0 saturated carbocycles. The van der Waals surface area contributed by atoms with Crippen LogP contribution in [0.25, 0.3) is 109 Å². The largest absolute Gasteiger partial charge is 0.135 e. The van der Waals surface area contributed by atoms with Gasteiger partial charge in [-0.2, -0.15) is 0 Å². The molecule has 272 valence electrons. The molecule has 9 aromatic carbocycles. The number of fused-ring (bicyclic) bond motifs is 9. The number of thiophene rings is 1. The first-order valence-corrected chi connectivity index (χ1v) is 21.1. The minimum atomic E-state index is -0.0886. The first kappa shape index (κ1) is 34.0. The van der Waals surface area contributed by atoms with Crippen molar-refractivity contribution in [3.8, 4) is 44.5 Å². The van der Waals surface area contributed by atoms with E-state index < -0.39 is 0 Å². The van der Waals surface area contributed by atoms with Gasteiger partial charge >= 0.3 is 0 Å². The zero-order chi connectivity index (χ0) is 38.4. The van der Waals surface area contributed by atoms with Gasteiger partial charge in [-0.15, -0.1) is 11.3 Å². The van der Waals surface area contributed by atoms with E-state index in [1.54, 1.807) is 0 Å². The molecule has 0 radical (unpaired) electrons. The van der Waals surface area contributed by atoms with E-state index in [0.717, 1.165) is 6.42 Å². The van der Waals surface area contributed by atoms with E-state index in [4.69, 9.17) is 0 Å². The van der Waals surface area contributed by atoms with Crippen molar-refractivity contribution in [1.29, 1.82) is 0 Å². The maximum Gasteiger partial charge on any atom is 0.0361 e. The monoisotopic (exact) mass is 746 g/mol. The Morgan fingerprint density at radius 1 is 0.456 bits per heavy atom.